The predicted octanol–water partition coefficient (Wildman–Crippen LogP) is 1.11. The second-order valence-electron chi connectivity index (χ2n) is 4.44. The van der Waals surface area contributed by atoms with Gasteiger partial charge in [0.1, 0.15) is 10.7 Å². The molecule has 0 bridgehead atoms. The molecule has 102 valence electrons. The van der Waals surface area contributed by atoms with E-state index in [1.54, 1.807) is 13.8 Å². The highest BCUT2D eigenvalue weighted by Crippen LogP contribution is 2.21. The highest BCUT2D eigenvalue weighted by atomic mass is 32.2. The summed E-state index contributed by atoms with van der Waals surface area (Å²) < 4.78 is 44.5. The lowest BCUT2D eigenvalue weighted by Gasteiger charge is -2.23. The summed E-state index contributed by atoms with van der Waals surface area (Å²) in [6.07, 6.45) is 0. The van der Waals surface area contributed by atoms with E-state index in [0.717, 1.165) is 6.07 Å². The van der Waals surface area contributed by atoms with Crippen molar-refractivity contribution in [3.8, 4) is 0 Å². The Labute approximate surface area is 106 Å². The molecule has 0 unspecified atom stereocenters. The van der Waals surface area contributed by atoms with Gasteiger partial charge in [-0.1, -0.05) is 6.07 Å². The first-order valence-corrected chi connectivity index (χ1v) is 6.77. The Morgan fingerprint density at radius 1 is 1.44 bits per heavy atom. The molecule has 1 aromatic rings. The molecule has 0 amide bonds. The van der Waals surface area contributed by atoms with Crippen LogP contribution in [-0.4, -0.2) is 27.7 Å². The number of para-hydroxylation sites is 1. The van der Waals surface area contributed by atoms with E-state index in [4.69, 9.17) is 10.5 Å². The highest BCUT2D eigenvalue weighted by molar-refractivity contribution is 7.89. The number of rotatable bonds is 5. The van der Waals surface area contributed by atoms with Crippen LogP contribution in [0.1, 0.15) is 13.8 Å². The average Bonchev–Trinajstić information content (AvgIpc) is 2.30. The number of nitrogens with one attached hydrogen (secondary N) is 1. The number of hydrogen-bond donors (Lipinski definition) is 2. The minimum absolute atomic E-state index is 0.0573. The molecule has 0 aliphatic rings. The maximum absolute atomic E-state index is 13.2. The topological polar surface area (TPSA) is 81.4 Å². The number of hydrogen-bond acceptors (Lipinski definition) is 4. The fourth-order valence-electron chi connectivity index (χ4n) is 1.17. The lowest BCUT2D eigenvalue weighted by atomic mass is 10.1. The number of nitrogens with two attached hydrogens (primary N) is 1. The van der Waals surface area contributed by atoms with Crippen molar-refractivity contribution in [1.29, 1.82) is 0 Å². The third-order valence-electron chi connectivity index (χ3n) is 2.54. The van der Waals surface area contributed by atoms with Crippen LogP contribution >= 0.6 is 0 Å². The van der Waals surface area contributed by atoms with Crippen LogP contribution in [0.3, 0.4) is 0 Å². The van der Waals surface area contributed by atoms with Crippen LogP contribution < -0.4 is 10.5 Å². The Morgan fingerprint density at radius 3 is 2.61 bits per heavy atom. The second kappa shape index (κ2) is 5.21. The largest absolute Gasteiger partial charge is 0.395 e. The molecule has 0 aliphatic heterocycles. The summed E-state index contributed by atoms with van der Waals surface area (Å²) in [6.45, 7) is 3.51. The molecule has 18 heavy (non-hydrogen) atoms. The average molecular weight is 276 g/mol. The Bertz CT molecular complexity index is 529. The van der Waals surface area contributed by atoms with Crippen molar-refractivity contribution < 1.29 is 17.5 Å². The maximum Gasteiger partial charge on any atom is 0.242 e. The zero-order valence-electron chi connectivity index (χ0n) is 10.5. The monoisotopic (exact) mass is 276 g/mol. The van der Waals surface area contributed by atoms with Gasteiger partial charge >= 0.3 is 0 Å². The number of nitrogen functional groups attached to an aromatic ring is 1. The van der Waals surface area contributed by atoms with Gasteiger partial charge in [0.2, 0.25) is 10.0 Å². The van der Waals surface area contributed by atoms with Crippen LogP contribution in [0.5, 0.6) is 0 Å². The van der Waals surface area contributed by atoms with E-state index < -0.39 is 21.4 Å². The molecule has 0 radical (unpaired) electrons. The zero-order chi connectivity index (χ0) is 14.0. The van der Waals surface area contributed by atoms with E-state index >= 15 is 0 Å². The molecule has 0 fully saturated rings. The molecule has 1 rings (SSSR count). The van der Waals surface area contributed by atoms with Gasteiger partial charge in [0.15, 0.2) is 0 Å². The Balaban J connectivity index is 2.98. The van der Waals surface area contributed by atoms with Crippen LogP contribution in [-0.2, 0) is 14.8 Å². The van der Waals surface area contributed by atoms with Crippen molar-refractivity contribution in [3.63, 3.8) is 0 Å². The minimum Gasteiger partial charge on any atom is -0.395 e. The van der Waals surface area contributed by atoms with Gasteiger partial charge < -0.3 is 10.5 Å². The highest BCUT2D eigenvalue weighted by Gasteiger charge is 2.24. The van der Waals surface area contributed by atoms with E-state index in [1.165, 1.54) is 19.2 Å². The van der Waals surface area contributed by atoms with Gasteiger partial charge in [0.05, 0.1) is 11.3 Å². The summed E-state index contributed by atoms with van der Waals surface area (Å²) in [7, 11) is -2.37. The maximum atomic E-state index is 13.2. The Hall–Kier alpha value is -1.18. The summed E-state index contributed by atoms with van der Waals surface area (Å²) >= 11 is 0. The fraction of sp³-hybridized carbons (Fsp3) is 0.455. The van der Waals surface area contributed by atoms with Crippen molar-refractivity contribution in [2.45, 2.75) is 24.3 Å². The molecule has 1 aromatic carbocycles. The molecule has 0 spiro atoms. The number of halogens is 1. The summed E-state index contributed by atoms with van der Waals surface area (Å²) in [5.74, 6) is -0.760. The smallest absolute Gasteiger partial charge is 0.242 e. The quantitative estimate of drug-likeness (QED) is 0.789. The van der Waals surface area contributed by atoms with E-state index in [1.807, 2.05) is 0 Å². The van der Waals surface area contributed by atoms with Crippen molar-refractivity contribution in [2.75, 3.05) is 19.4 Å². The molecule has 3 N–H and O–H groups in total. The Kier molecular flexibility index (Phi) is 4.31. The normalized spacial score (nSPS) is 12.7. The summed E-state index contributed by atoms with van der Waals surface area (Å²) in [5.41, 5.74) is 4.37. The Morgan fingerprint density at radius 2 is 2.06 bits per heavy atom. The molecular weight excluding hydrogens is 259 g/mol. The first-order valence-electron chi connectivity index (χ1n) is 5.28. The van der Waals surface area contributed by atoms with Crippen LogP contribution in [0.15, 0.2) is 23.1 Å². The minimum atomic E-state index is -3.85. The summed E-state index contributed by atoms with van der Waals surface area (Å²) in [5, 5.41) is 0. The molecule has 0 aromatic heterocycles. The molecule has 7 heteroatoms. The molecule has 0 saturated carbocycles. The van der Waals surface area contributed by atoms with E-state index in [0.29, 0.717) is 0 Å². The molecule has 0 heterocycles. The van der Waals surface area contributed by atoms with Gasteiger partial charge in [-0.25, -0.2) is 17.5 Å². The lowest BCUT2D eigenvalue weighted by molar-refractivity contribution is 0.0276. The number of benzene rings is 1. The number of sulfonamides is 1. The first kappa shape index (κ1) is 14.9. The molecule has 0 aliphatic carbocycles. The number of methoxy groups -OCH3 is 1. The van der Waals surface area contributed by atoms with E-state index in [9.17, 15) is 12.8 Å². The molecular formula is C11H17FN2O3S. The van der Waals surface area contributed by atoms with Crippen LogP contribution in [0, 0.1) is 5.82 Å². The van der Waals surface area contributed by atoms with Crippen molar-refractivity contribution in [3.05, 3.63) is 24.0 Å². The fourth-order valence-corrected chi connectivity index (χ4v) is 2.51. The zero-order valence-corrected chi connectivity index (χ0v) is 11.3. The summed E-state index contributed by atoms with van der Waals surface area (Å²) in [4.78, 5) is -0.269. The first-order chi connectivity index (χ1) is 8.19. The standard InChI is InChI=1S/C11H17FN2O3S/c1-11(2,17-3)7-14-18(15,16)9-6-4-5-8(12)10(9)13/h4-6,14H,7,13H2,1-3H3. The van der Waals surface area contributed by atoms with Crippen LogP contribution in [0.2, 0.25) is 0 Å². The third-order valence-corrected chi connectivity index (χ3v) is 4.00. The van der Waals surface area contributed by atoms with Crippen LogP contribution in [0.25, 0.3) is 0 Å². The number of ether oxygens (including phenoxy) is 1. The van der Waals surface area contributed by atoms with E-state index in [-0.39, 0.29) is 17.1 Å². The molecule has 5 nitrogen and oxygen atoms in total. The van der Waals surface area contributed by atoms with Gasteiger partial charge in [-0.2, -0.15) is 0 Å². The van der Waals surface area contributed by atoms with Gasteiger partial charge in [0, 0.05) is 13.7 Å². The predicted molar refractivity (Wildman–Crippen MR) is 67.1 cm³/mol. The van der Waals surface area contributed by atoms with Gasteiger partial charge in [-0.15, -0.1) is 0 Å². The van der Waals surface area contributed by atoms with Crippen molar-refractivity contribution in [2.24, 2.45) is 0 Å². The SMILES string of the molecule is COC(C)(C)CNS(=O)(=O)c1cccc(F)c1N. The van der Waals surface area contributed by atoms with Crippen LogP contribution in [0.4, 0.5) is 10.1 Å². The lowest BCUT2D eigenvalue weighted by Crippen LogP contribution is -2.39. The van der Waals surface area contributed by atoms with Gasteiger partial charge in [0.25, 0.3) is 0 Å². The van der Waals surface area contributed by atoms with Gasteiger partial charge in [-0.05, 0) is 26.0 Å². The van der Waals surface area contributed by atoms with Crippen molar-refractivity contribution >= 4 is 15.7 Å². The summed E-state index contributed by atoms with van der Waals surface area (Å²) in [6, 6.07) is 3.65. The third kappa shape index (κ3) is 3.41. The molecule has 0 saturated heterocycles. The van der Waals surface area contributed by atoms with E-state index in [2.05, 4.69) is 4.72 Å². The van der Waals surface area contributed by atoms with Crippen molar-refractivity contribution in [1.82, 2.24) is 4.72 Å². The second-order valence-corrected chi connectivity index (χ2v) is 6.18. The number of anilines is 1. The molecule has 0 atom stereocenters. The van der Waals surface area contributed by atoms with Gasteiger partial charge in [-0.3, -0.25) is 0 Å².